The average molecular weight is 570 g/mol. The van der Waals surface area contributed by atoms with Gasteiger partial charge in [0.15, 0.2) is 0 Å². The third kappa shape index (κ3) is 7.78. The van der Waals surface area contributed by atoms with E-state index in [2.05, 4.69) is 9.80 Å². The van der Waals surface area contributed by atoms with Gasteiger partial charge in [0, 0.05) is 45.8 Å². The Labute approximate surface area is 231 Å². The van der Waals surface area contributed by atoms with Gasteiger partial charge in [0.25, 0.3) is 0 Å². The molecule has 0 aromatic heterocycles. The zero-order chi connectivity index (χ0) is 28.9. The van der Waals surface area contributed by atoms with Crippen molar-refractivity contribution in [1.82, 2.24) is 14.7 Å². The predicted molar refractivity (Wildman–Crippen MR) is 142 cm³/mol. The highest BCUT2D eigenvalue weighted by atomic mass is 19.4. The van der Waals surface area contributed by atoms with Crippen molar-refractivity contribution in [3.05, 3.63) is 70.8 Å². The van der Waals surface area contributed by atoms with Crippen LogP contribution in [0.2, 0.25) is 0 Å². The Hall–Kier alpha value is -2.59. The molecular weight excluding hydrogens is 532 g/mol. The lowest BCUT2D eigenvalue weighted by atomic mass is 10.0. The Bertz CT molecular complexity index is 1070. The summed E-state index contributed by atoms with van der Waals surface area (Å²) in [6.07, 6.45) is -2.48. The maximum Gasteiger partial charge on any atom is 0.416 e. The SMILES string of the molecule is CN(CCc1cc(C(F)(F)F)cc(C(F)(F)F)c1)C(=O)C(c1ccccc1)N1CCN(C2CCCCCC2)CC1. The number of likely N-dealkylation sites (N-methyl/N-ethyl adjacent to an activating group) is 1. The molecule has 2 fully saturated rings. The number of halogens is 6. The van der Waals surface area contributed by atoms with E-state index in [1.165, 1.54) is 43.4 Å². The molecule has 4 rings (SSSR count). The van der Waals surface area contributed by atoms with Crippen LogP contribution in [0.4, 0.5) is 26.3 Å². The third-order valence-electron chi connectivity index (χ3n) is 8.16. The Kier molecular flexibility index (Phi) is 9.82. The van der Waals surface area contributed by atoms with Crippen LogP contribution in [0.1, 0.15) is 66.8 Å². The average Bonchev–Trinajstić information content (AvgIpc) is 3.21. The van der Waals surface area contributed by atoms with Crippen molar-refractivity contribution >= 4 is 5.91 Å². The Balaban J connectivity index is 1.47. The first kappa shape index (κ1) is 30.4. The summed E-state index contributed by atoms with van der Waals surface area (Å²) >= 11 is 0. The van der Waals surface area contributed by atoms with Crippen LogP contribution in [0.3, 0.4) is 0 Å². The quantitative estimate of drug-likeness (QED) is 0.271. The molecule has 10 heteroatoms. The molecule has 220 valence electrons. The normalized spacial score (nSPS) is 19.3. The first-order valence-electron chi connectivity index (χ1n) is 14.0. The molecule has 1 unspecified atom stereocenters. The second kappa shape index (κ2) is 12.9. The fourth-order valence-electron chi connectivity index (χ4n) is 5.91. The van der Waals surface area contributed by atoms with Crippen molar-refractivity contribution in [2.45, 2.75) is 69.4 Å². The molecule has 1 amide bonds. The number of hydrogen-bond donors (Lipinski definition) is 0. The van der Waals surface area contributed by atoms with Crippen molar-refractivity contribution < 1.29 is 31.1 Å². The molecule has 1 saturated heterocycles. The van der Waals surface area contributed by atoms with Gasteiger partial charge >= 0.3 is 12.4 Å². The molecule has 1 aliphatic heterocycles. The van der Waals surface area contributed by atoms with Crippen LogP contribution in [-0.2, 0) is 23.6 Å². The van der Waals surface area contributed by atoms with Crippen molar-refractivity contribution in [3.8, 4) is 0 Å². The third-order valence-corrected chi connectivity index (χ3v) is 8.16. The summed E-state index contributed by atoms with van der Waals surface area (Å²) in [7, 11) is 1.55. The van der Waals surface area contributed by atoms with Crippen LogP contribution in [0.25, 0.3) is 0 Å². The van der Waals surface area contributed by atoms with Crippen molar-refractivity contribution in [3.63, 3.8) is 0 Å². The van der Waals surface area contributed by atoms with Crippen LogP contribution in [0.15, 0.2) is 48.5 Å². The molecule has 1 aliphatic carbocycles. The predicted octanol–water partition coefficient (Wildman–Crippen LogP) is 6.81. The fourth-order valence-corrected chi connectivity index (χ4v) is 5.91. The number of amides is 1. The van der Waals surface area contributed by atoms with Gasteiger partial charge in [-0.05, 0) is 48.6 Å². The summed E-state index contributed by atoms with van der Waals surface area (Å²) < 4.78 is 79.7. The lowest BCUT2D eigenvalue weighted by molar-refractivity contribution is -0.143. The van der Waals surface area contributed by atoms with E-state index < -0.39 is 29.5 Å². The minimum absolute atomic E-state index is 0.0111. The molecule has 2 aromatic carbocycles. The number of hydrogen-bond acceptors (Lipinski definition) is 3. The molecule has 0 spiro atoms. The maximum atomic E-state index is 13.8. The molecule has 0 N–H and O–H groups in total. The van der Waals surface area contributed by atoms with Gasteiger partial charge in [0.05, 0.1) is 11.1 Å². The van der Waals surface area contributed by atoms with Crippen LogP contribution >= 0.6 is 0 Å². The maximum absolute atomic E-state index is 13.8. The zero-order valence-corrected chi connectivity index (χ0v) is 22.8. The molecule has 2 aromatic rings. The van der Waals surface area contributed by atoms with Gasteiger partial charge in [-0.3, -0.25) is 14.6 Å². The van der Waals surface area contributed by atoms with E-state index in [1.54, 1.807) is 7.05 Å². The number of piperazine rings is 1. The molecule has 1 heterocycles. The van der Waals surface area contributed by atoms with Crippen LogP contribution in [0.5, 0.6) is 0 Å². The first-order valence-corrected chi connectivity index (χ1v) is 14.0. The first-order chi connectivity index (χ1) is 18.9. The smallest absolute Gasteiger partial charge is 0.344 e. The van der Waals surface area contributed by atoms with Gasteiger partial charge in [-0.2, -0.15) is 26.3 Å². The highest BCUT2D eigenvalue weighted by Gasteiger charge is 2.37. The fraction of sp³-hybridized carbons (Fsp3) is 0.567. The van der Waals surface area contributed by atoms with Crippen LogP contribution in [-0.4, -0.2) is 66.4 Å². The van der Waals surface area contributed by atoms with E-state index in [-0.39, 0.29) is 30.5 Å². The van der Waals surface area contributed by atoms with E-state index in [0.717, 1.165) is 30.8 Å². The molecule has 4 nitrogen and oxygen atoms in total. The molecule has 2 aliphatic rings. The molecule has 1 saturated carbocycles. The molecule has 1 atom stereocenters. The van der Waals surface area contributed by atoms with Crippen molar-refractivity contribution in [1.29, 1.82) is 0 Å². The molecule has 40 heavy (non-hydrogen) atoms. The summed E-state index contributed by atoms with van der Waals surface area (Å²) in [5.74, 6) is -0.225. The van der Waals surface area contributed by atoms with Gasteiger partial charge in [-0.1, -0.05) is 56.0 Å². The van der Waals surface area contributed by atoms with Crippen molar-refractivity contribution in [2.75, 3.05) is 39.8 Å². The standard InChI is InChI=1S/C30H37F6N3O/c1-37(14-13-22-19-24(29(31,32)33)21-25(20-22)30(34,35)36)28(40)27(23-9-5-4-6-10-23)39-17-15-38(16-18-39)26-11-7-2-3-8-12-26/h4-6,9-10,19-21,26-27H,2-3,7-8,11-18H2,1H3. The Morgan fingerprint density at radius 1 is 0.850 bits per heavy atom. The van der Waals surface area contributed by atoms with Gasteiger partial charge < -0.3 is 4.90 Å². The topological polar surface area (TPSA) is 26.8 Å². The summed E-state index contributed by atoms with van der Waals surface area (Å²) in [5, 5.41) is 0. The highest BCUT2D eigenvalue weighted by Crippen LogP contribution is 2.36. The van der Waals surface area contributed by atoms with Crippen LogP contribution < -0.4 is 0 Å². The largest absolute Gasteiger partial charge is 0.416 e. The Morgan fingerprint density at radius 2 is 1.40 bits per heavy atom. The van der Waals surface area contributed by atoms with E-state index in [1.807, 2.05) is 30.3 Å². The zero-order valence-electron chi connectivity index (χ0n) is 22.8. The lowest BCUT2D eigenvalue weighted by Gasteiger charge is -2.42. The van der Waals surface area contributed by atoms with E-state index in [0.29, 0.717) is 19.1 Å². The van der Waals surface area contributed by atoms with E-state index in [4.69, 9.17) is 0 Å². The van der Waals surface area contributed by atoms with E-state index in [9.17, 15) is 31.1 Å². The summed E-state index contributed by atoms with van der Waals surface area (Å²) in [6, 6.07) is 10.9. The summed E-state index contributed by atoms with van der Waals surface area (Å²) in [4.78, 5) is 19.9. The molecule has 0 bridgehead atoms. The number of carbonyl (C=O) groups is 1. The van der Waals surface area contributed by atoms with Crippen LogP contribution in [0, 0.1) is 0 Å². The number of benzene rings is 2. The summed E-state index contributed by atoms with van der Waals surface area (Å²) in [5.41, 5.74) is -1.99. The van der Waals surface area contributed by atoms with Gasteiger partial charge in [-0.25, -0.2) is 0 Å². The highest BCUT2D eigenvalue weighted by molar-refractivity contribution is 5.83. The van der Waals surface area contributed by atoms with E-state index >= 15 is 0 Å². The van der Waals surface area contributed by atoms with Gasteiger partial charge in [-0.15, -0.1) is 0 Å². The number of rotatable bonds is 7. The number of alkyl halides is 6. The molecular formula is C30H37F6N3O. The number of nitrogens with zero attached hydrogens (tertiary/aromatic N) is 3. The summed E-state index contributed by atoms with van der Waals surface area (Å²) in [6.45, 7) is 3.12. The monoisotopic (exact) mass is 569 g/mol. The van der Waals surface area contributed by atoms with Gasteiger partial charge in [0.2, 0.25) is 5.91 Å². The second-order valence-corrected chi connectivity index (χ2v) is 11.0. The number of carbonyl (C=O) groups excluding carboxylic acids is 1. The minimum Gasteiger partial charge on any atom is -0.344 e. The minimum atomic E-state index is -4.91. The molecule has 0 radical (unpaired) electrons. The second-order valence-electron chi connectivity index (χ2n) is 11.0. The van der Waals surface area contributed by atoms with Gasteiger partial charge in [0.1, 0.15) is 6.04 Å². The lowest BCUT2D eigenvalue weighted by Crippen LogP contribution is -2.53. The van der Waals surface area contributed by atoms with Crippen molar-refractivity contribution in [2.24, 2.45) is 0 Å². The Morgan fingerprint density at radius 3 is 1.93 bits per heavy atom.